The largest absolute Gasteiger partial charge is 0.473 e. The van der Waals surface area contributed by atoms with Crippen molar-refractivity contribution in [2.24, 2.45) is 0 Å². The second kappa shape index (κ2) is 5.71. The summed E-state index contributed by atoms with van der Waals surface area (Å²) in [6, 6.07) is 3.49. The molecule has 0 saturated heterocycles. The molecule has 6 nitrogen and oxygen atoms in total. The molecule has 0 amide bonds. The van der Waals surface area contributed by atoms with Crippen LogP contribution in [0.1, 0.15) is 13.8 Å². The van der Waals surface area contributed by atoms with Crippen LogP contribution in [0.15, 0.2) is 24.4 Å². The van der Waals surface area contributed by atoms with E-state index in [1.807, 2.05) is 13.8 Å². The molecule has 0 spiro atoms. The van der Waals surface area contributed by atoms with Crippen LogP contribution in [0.3, 0.4) is 0 Å². The fourth-order valence-electron chi connectivity index (χ4n) is 2.00. The molecular formula is C15H13F2N5O. The lowest BCUT2D eigenvalue weighted by molar-refractivity contribution is 0.235. The highest BCUT2D eigenvalue weighted by molar-refractivity contribution is 5.79. The highest BCUT2D eigenvalue weighted by Crippen LogP contribution is 2.25. The Balaban J connectivity index is 2.16. The molecule has 8 heteroatoms. The molecule has 0 aliphatic carbocycles. The summed E-state index contributed by atoms with van der Waals surface area (Å²) in [5.41, 5.74) is 6.92. The van der Waals surface area contributed by atoms with Gasteiger partial charge in [-0.2, -0.15) is 9.97 Å². The van der Waals surface area contributed by atoms with Gasteiger partial charge in [-0.3, -0.25) is 0 Å². The lowest BCUT2D eigenvalue weighted by Crippen LogP contribution is -2.10. The van der Waals surface area contributed by atoms with Crippen LogP contribution in [-0.2, 0) is 0 Å². The Hall–Kier alpha value is -2.90. The molecule has 0 aliphatic rings. The van der Waals surface area contributed by atoms with E-state index in [9.17, 15) is 8.78 Å². The van der Waals surface area contributed by atoms with E-state index in [0.29, 0.717) is 16.8 Å². The maximum Gasteiger partial charge on any atom is 0.247 e. The van der Waals surface area contributed by atoms with E-state index >= 15 is 0 Å². The number of nitrogens with two attached hydrogens (primary N) is 1. The Morgan fingerprint density at radius 1 is 1.09 bits per heavy atom. The zero-order valence-corrected chi connectivity index (χ0v) is 12.4. The van der Waals surface area contributed by atoms with Crippen LogP contribution in [0.25, 0.3) is 22.4 Å². The van der Waals surface area contributed by atoms with Crippen molar-refractivity contribution < 1.29 is 13.5 Å². The van der Waals surface area contributed by atoms with E-state index in [1.54, 1.807) is 0 Å². The monoisotopic (exact) mass is 317 g/mol. The minimum absolute atomic E-state index is 0.0167. The Morgan fingerprint density at radius 2 is 1.87 bits per heavy atom. The molecule has 0 fully saturated rings. The van der Waals surface area contributed by atoms with Crippen LogP contribution in [0.2, 0.25) is 0 Å². The van der Waals surface area contributed by atoms with E-state index in [-0.39, 0.29) is 23.6 Å². The average molecular weight is 317 g/mol. The number of ether oxygens (including phenoxy) is 1. The molecule has 118 valence electrons. The Morgan fingerprint density at radius 3 is 2.57 bits per heavy atom. The van der Waals surface area contributed by atoms with Crippen molar-refractivity contribution in [2.45, 2.75) is 20.0 Å². The number of fused-ring (bicyclic) bond motifs is 1. The smallest absolute Gasteiger partial charge is 0.247 e. The van der Waals surface area contributed by atoms with Gasteiger partial charge in [0, 0.05) is 5.56 Å². The van der Waals surface area contributed by atoms with Crippen LogP contribution in [0.4, 0.5) is 14.7 Å². The van der Waals surface area contributed by atoms with Crippen molar-refractivity contribution in [3.05, 3.63) is 36.0 Å². The molecule has 0 atom stereocenters. The van der Waals surface area contributed by atoms with Crippen molar-refractivity contribution >= 4 is 17.1 Å². The molecule has 2 aromatic heterocycles. The van der Waals surface area contributed by atoms with Crippen LogP contribution >= 0.6 is 0 Å². The van der Waals surface area contributed by atoms with Gasteiger partial charge in [0.2, 0.25) is 11.8 Å². The lowest BCUT2D eigenvalue weighted by atomic mass is 10.1. The number of rotatable bonds is 3. The normalized spacial score (nSPS) is 11.2. The Bertz CT molecular complexity index is 885. The molecule has 2 heterocycles. The molecular weight excluding hydrogens is 304 g/mol. The van der Waals surface area contributed by atoms with Gasteiger partial charge in [0.05, 0.1) is 18.0 Å². The topological polar surface area (TPSA) is 86.8 Å². The van der Waals surface area contributed by atoms with Crippen molar-refractivity contribution in [1.29, 1.82) is 0 Å². The van der Waals surface area contributed by atoms with Crippen LogP contribution in [-0.4, -0.2) is 26.0 Å². The first-order valence-electron chi connectivity index (χ1n) is 6.86. The molecule has 0 aliphatic heterocycles. The molecule has 0 bridgehead atoms. The first-order chi connectivity index (χ1) is 10.9. The maximum atomic E-state index is 13.4. The van der Waals surface area contributed by atoms with Gasteiger partial charge in [0.15, 0.2) is 22.8 Å². The van der Waals surface area contributed by atoms with E-state index in [2.05, 4.69) is 19.9 Å². The number of nitrogen functional groups attached to an aromatic ring is 1. The quantitative estimate of drug-likeness (QED) is 0.799. The summed E-state index contributed by atoms with van der Waals surface area (Å²) in [6.07, 6.45) is 1.25. The zero-order valence-electron chi connectivity index (χ0n) is 12.4. The summed E-state index contributed by atoms with van der Waals surface area (Å²) in [5, 5.41) is 0. The van der Waals surface area contributed by atoms with Crippen molar-refractivity contribution in [2.75, 3.05) is 5.73 Å². The summed E-state index contributed by atoms with van der Waals surface area (Å²) >= 11 is 0. The third-order valence-electron chi connectivity index (χ3n) is 2.95. The Kier molecular flexibility index (Phi) is 3.73. The molecule has 0 unspecified atom stereocenters. The first-order valence-corrected chi connectivity index (χ1v) is 6.86. The summed E-state index contributed by atoms with van der Waals surface area (Å²) in [6.45, 7) is 3.66. The first kappa shape index (κ1) is 15.0. The lowest BCUT2D eigenvalue weighted by Gasteiger charge is -2.11. The summed E-state index contributed by atoms with van der Waals surface area (Å²) in [5.74, 6) is -1.68. The number of aromatic nitrogens is 4. The van der Waals surface area contributed by atoms with Crippen LogP contribution < -0.4 is 10.5 Å². The third-order valence-corrected chi connectivity index (χ3v) is 2.95. The van der Waals surface area contributed by atoms with E-state index in [4.69, 9.17) is 10.5 Å². The number of benzene rings is 1. The minimum Gasteiger partial charge on any atom is -0.473 e. The molecule has 2 N–H and O–H groups in total. The van der Waals surface area contributed by atoms with Crippen molar-refractivity contribution in [3.8, 4) is 17.1 Å². The SMILES string of the molecule is CC(C)Oc1nc(N)nc2ncc(-c3ccc(F)c(F)c3)nc12. The number of halogens is 2. The molecule has 1 aromatic carbocycles. The number of hydrogen-bond acceptors (Lipinski definition) is 6. The van der Waals surface area contributed by atoms with Gasteiger partial charge in [-0.25, -0.2) is 18.7 Å². The van der Waals surface area contributed by atoms with Gasteiger partial charge >= 0.3 is 0 Å². The van der Waals surface area contributed by atoms with Gasteiger partial charge in [0.25, 0.3) is 0 Å². The third kappa shape index (κ3) is 3.01. The highest BCUT2D eigenvalue weighted by atomic mass is 19.2. The van der Waals surface area contributed by atoms with E-state index < -0.39 is 11.6 Å². The molecule has 0 radical (unpaired) electrons. The van der Waals surface area contributed by atoms with Gasteiger partial charge in [-0.15, -0.1) is 0 Å². The number of anilines is 1. The van der Waals surface area contributed by atoms with Crippen LogP contribution in [0.5, 0.6) is 5.88 Å². The fourth-order valence-corrected chi connectivity index (χ4v) is 2.00. The van der Waals surface area contributed by atoms with Gasteiger partial charge in [-0.05, 0) is 32.0 Å². The van der Waals surface area contributed by atoms with Gasteiger partial charge in [0.1, 0.15) is 0 Å². The zero-order chi connectivity index (χ0) is 16.6. The maximum absolute atomic E-state index is 13.4. The average Bonchev–Trinajstić information content (AvgIpc) is 2.49. The van der Waals surface area contributed by atoms with Crippen molar-refractivity contribution in [1.82, 2.24) is 19.9 Å². The summed E-state index contributed by atoms with van der Waals surface area (Å²) < 4.78 is 32.0. The summed E-state index contributed by atoms with van der Waals surface area (Å²) in [7, 11) is 0. The molecule has 3 rings (SSSR count). The Labute approximate surface area is 130 Å². The second-order valence-corrected chi connectivity index (χ2v) is 5.11. The highest BCUT2D eigenvalue weighted by Gasteiger charge is 2.14. The predicted octanol–water partition coefficient (Wildman–Crippen LogP) is 2.73. The number of hydrogen-bond donors (Lipinski definition) is 1. The standard InChI is InChI=1S/C15H13F2N5O/c1-7(2)23-14-12-13(21-15(18)22-14)19-6-11(20-12)8-3-4-9(16)10(17)5-8/h3-7H,1-2H3,(H2,18,19,21,22). The molecule has 0 saturated carbocycles. The minimum atomic E-state index is -0.961. The molecule has 3 aromatic rings. The second-order valence-electron chi connectivity index (χ2n) is 5.11. The summed E-state index contributed by atoms with van der Waals surface area (Å²) in [4.78, 5) is 16.5. The van der Waals surface area contributed by atoms with Gasteiger partial charge < -0.3 is 10.5 Å². The van der Waals surface area contributed by atoms with Crippen LogP contribution in [0, 0.1) is 11.6 Å². The van der Waals surface area contributed by atoms with Crippen molar-refractivity contribution in [3.63, 3.8) is 0 Å². The van der Waals surface area contributed by atoms with Gasteiger partial charge in [-0.1, -0.05) is 0 Å². The fraction of sp³-hybridized carbons (Fsp3) is 0.200. The van der Waals surface area contributed by atoms with E-state index in [0.717, 1.165) is 12.1 Å². The van der Waals surface area contributed by atoms with E-state index in [1.165, 1.54) is 12.3 Å². The number of nitrogens with zero attached hydrogens (tertiary/aromatic N) is 4. The molecule has 23 heavy (non-hydrogen) atoms. The predicted molar refractivity (Wildman–Crippen MR) is 80.7 cm³/mol.